The standard InChI is InChI=1S/C12H11F3N2O2/c13-12(14,15)4-1-5-17-7-16-9-3-2-8(11(18)19)6-10(9)17/h2-3,6-7H,1,4-5H2,(H,18,19). The number of aryl methyl sites for hydroxylation is 1. The number of carboxylic acids is 1. The van der Waals surface area contributed by atoms with Gasteiger partial charge >= 0.3 is 12.1 Å². The van der Waals surface area contributed by atoms with E-state index in [-0.39, 0.29) is 18.5 Å². The summed E-state index contributed by atoms with van der Waals surface area (Å²) >= 11 is 0. The SMILES string of the molecule is O=C(O)c1ccc2ncn(CCCC(F)(F)F)c2c1. The molecule has 0 fully saturated rings. The average Bonchev–Trinajstić information content (AvgIpc) is 2.70. The Morgan fingerprint density at radius 2 is 2.11 bits per heavy atom. The second-order valence-electron chi connectivity index (χ2n) is 4.17. The number of fused-ring (bicyclic) bond motifs is 1. The summed E-state index contributed by atoms with van der Waals surface area (Å²) in [6.45, 7) is 0.152. The Hall–Kier alpha value is -2.05. The second-order valence-corrected chi connectivity index (χ2v) is 4.17. The molecule has 1 aromatic carbocycles. The molecule has 7 heteroatoms. The van der Waals surface area contributed by atoms with Gasteiger partial charge in [-0.05, 0) is 24.6 Å². The minimum atomic E-state index is -4.18. The molecule has 0 atom stereocenters. The van der Waals surface area contributed by atoms with Crippen LogP contribution in [0.5, 0.6) is 0 Å². The first-order chi connectivity index (χ1) is 8.87. The third-order valence-electron chi connectivity index (χ3n) is 2.73. The summed E-state index contributed by atoms with van der Waals surface area (Å²) in [6, 6.07) is 4.37. The second kappa shape index (κ2) is 4.91. The number of alkyl halides is 3. The number of aromatic carboxylic acids is 1. The van der Waals surface area contributed by atoms with Gasteiger partial charge in [0.2, 0.25) is 0 Å². The van der Waals surface area contributed by atoms with E-state index in [1.54, 1.807) is 6.07 Å². The van der Waals surface area contributed by atoms with Crippen molar-refractivity contribution >= 4 is 17.0 Å². The molecular weight excluding hydrogens is 261 g/mol. The lowest BCUT2D eigenvalue weighted by Gasteiger charge is -2.07. The van der Waals surface area contributed by atoms with E-state index in [9.17, 15) is 18.0 Å². The Morgan fingerprint density at radius 3 is 2.74 bits per heavy atom. The van der Waals surface area contributed by atoms with Crippen LogP contribution in [-0.2, 0) is 6.54 Å². The number of aromatic nitrogens is 2. The summed E-state index contributed by atoms with van der Waals surface area (Å²) < 4.78 is 37.7. The van der Waals surface area contributed by atoms with Crippen LogP contribution >= 0.6 is 0 Å². The first kappa shape index (κ1) is 13.4. The number of nitrogens with zero attached hydrogens (tertiary/aromatic N) is 2. The number of halogens is 3. The van der Waals surface area contributed by atoms with Crippen molar-refractivity contribution in [3.05, 3.63) is 30.1 Å². The molecule has 0 aliphatic heterocycles. The molecule has 0 bridgehead atoms. The maximum atomic E-state index is 12.1. The summed E-state index contributed by atoms with van der Waals surface area (Å²) in [5, 5.41) is 8.88. The topological polar surface area (TPSA) is 55.1 Å². The monoisotopic (exact) mass is 272 g/mol. The quantitative estimate of drug-likeness (QED) is 0.930. The van der Waals surface area contributed by atoms with Gasteiger partial charge in [0.05, 0.1) is 22.9 Å². The zero-order valence-electron chi connectivity index (χ0n) is 9.81. The number of hydrogen-bond acceptors (Lipinski definition) is 2. The highest BCUT2D eigenvalue weighted by Crippen LogP contribution is 2.22. The van der Waals surface area contributed by atoms with Crippen LogP contribution in [0.2, 0.25) is 0 Å². The lowest BCUT2D eigenvalue weighted by atomic mass is 10.2. The minimum absolute atomic E-state index is 0.0632. The van der Waals surface area contributed by atoms with Crippen LogP contribution in [0.4, 0.5) is 13.2 Å². The number of carboxylic acid groups (broad SMARTS) is 1. The summed E-state index contributed by atoms with van der Waals surface area (Å²) in [4.78, 5) is 14.9. The molecule has 0 aliphatic rings. The fourth-order valence-electron chi connectivity index (χ4n) is 1.82. The smallest absolute Gasteiger partial charge is 0.389 e. The van der Waals surface area contributed by atoms with Crippen molar-refractivity contribution in [1.82, 2.24) is 9.55 Å². The van der Waals surface area contributed by atoms with Gasteiger partial charge in [0, 0.05) is 13.0 Å². The van der Waals surface area contributed by atoms with Crippen molar-refractivity contribution in [3.8, 4) is 0 Å². The van der Waals surface area contributed by atoms with Gasteiger partial charge in [-0.1, -0.05) is 0 Å². The Morgan fingerprint density at radius 1 is 1.37 bits per heavy atom. The molecule has 1 aromatic heterocycles. The van der Waals surface area contributed by atoms with Gasteiger partial charge in [-0.25, -0.2) is 9.78 Å². The highest BCUT2D eigenvalue weighted by atomic mass is 19.4. The number of imidazole rings is 1. The lowest BCUT2D eigenvalue weighted by molar-refractivity contribution is -0.135. The van der Waals surface area contributed by atoms with Crippen LogP contribution < -0.4 is 0 Å². The Bertz CT molecular complexity index is 605. The molecule has 0 spiro atoms. The van der Waals surface area contributed by atoms with Crippen molar-refractivity contribution in [2.24, 2.45) is 0 Å². The summed E-state index contributed by atoms with van der Waals surface area (Å²) in [5.41, 5.74) is 1.18. The lowest BCUT2D eigenvalue weighted by Crippen LogP contribution is -2.09. The summed E-state index contributed by atoms with van der Waals surface area (Å²) in [6.07, 6.45) is -3.69. The van der Waals surface area contributed by atoms with Crippen LogP contribution in [0.1, 0.15) is 23.2 Å². The largest absolute Gasteiger partial charge is 0.478 e. The van der Waals surface area contributed by atoms with E-state index in [0.29, 0.717) is 11.0 Å². The molecule has 0 unspecified atom stereocenters. The predicted molar refractivity (Wildman–Crippen MR) is 62.0 cm³/mol. The van der Waals surface area contributed by atoms with Crippen molar-refractivity contribution in [1.29, 1.82) is 0 Å². The van der Waals surface area contributed by atoms with Crippen molar-refractivity contribution in [3.63, 3.8) is 0 Å². The van der Waals surface area contributed by atoms with Gasteiger partial charge in [-0.15, -0.1) is 0 Å². The number of carbonyl (C=O) groups is 1. The maximum absolute atomic E-state index is 12.1. The maximum Gasteiger partial charge on any atom is 0.389 e. The van der Waals surface area contributed by atoms with Crippen LogP contribution in [0, 0.1) is 0 Å². The highest BCUT2D eigenvalue weighted by Gasteiger charge is 2.26. The zero-order valence-corrected chi connectivity index (χ0v) is 9.81. The molecule has 0 radical (unpaired) electrons. The Kier molecular flexibility index (Phi) is 3.46. The number of rotatable bonds is 4. The predicted octanol–water partition coefficient (Wildman–Crippen LogP) is 3.08. The molecule has 4 nitrogen and oxygen atoms in total. The molecular formula is C12H11F3N2O2. The van der Waals surface area contributed by atoms with Gasteiger partial charge in [0.15, 0.2) is 0 Å². The van der Waals surface area contributed by atoms with Gasteiger partial charge in [-0.2, -0.15) is 13.2 Å². The first-order valence-corrected chi connectivity index (χ1v) is 5.62. The number of hydrogen-bond donors (Lipinski definition) is 1. The zero-order chi connectivity index (χ0) is 14.0. The highest BCUT2D eigenvalue weighted by molar-refractivity contribution is 5.92. The minimum Gasteiger partial charge on any atom is -0.478 e. The summed E-state index contributed by atoms with van der Waals surface area (Å²) in [7, 11) is 0. The van der Waals surface area contributed by atoms with E-state index < -0.39 is 18.6 Å². The van der Waals surface area contributed by atoms with Crippen LogP contribution in [0.25, 0.3) is 11.0 Å². The third-order valence-corrected chi connectivity index (χ3v) is 2.73. The fourth-order valence-corrected chi connectivity index (χ4v) is 1.82. The van der Waals surface area contributed by atoms with Gasteiger partial charge in [0.25, 0.3) is 0 Å². The fraction of sp³-hybridized carbons (Fsp3) is 0.333. The summed E-state index contributed by atoms with van der Waals surface area (Å²) in [5.74, 6) is -1.08. The Balaban J connectivity index is 2.19. The van der Waals surface area contributed by atoms with Crippen molar-refractivity contribution in [2.75, 3.05) is 0 Å². The van der Waals surface area contributed by atoms with E-state index >= 15 is 0 Å². The molecule has 2 rings (SSSR count). The van der Waals surface area contributed by atoms with E-state index in [2.05, 4.69) is 4.98 Å². The number of benzene rings is 1. The molecule has 0 saturated carbocycles. The normalized spacial score (nSPS) is 11.9. The van der Waals surface area contributed by atoms with Crippen LogP contribution in [0.15, 0.2) is 24.5 Å². The van der Waals surface area contributed by atoms with E-state index in [1.807, 2.05) is 0 Å². The molecule has 102 valence electrons. The van der Waals surface area contributed by atoms with Crippen molar-refractivity contribution in [2.45, 2.75) is 25.6 Å². The van der Waals surface area contributed by atoms with Gasteiger partial charge < -0.3 is 9.67 Å². The molecule has 1 heterocycles. The Labute approximate surface area is 106 Å². The molecule has 1 N–H and O–H groups in total. The first-order valence-electron chi connectivity index (χ1n) is 5.62. The van der Waals surface area contributed by atoms with Crippen molar-refractivity contribution < 1.29 is 23.1 Å². The van der Waals surface area contributed by atoms with E-state index in [1.165, 1.54) is 23.0 Å². The van der Waals surface area contributed by atoms with Gasteiger partial charge in [0.1, 0.15) is 0 Å². The van der Waals surface area contributed by atoms with Gasteiger partial charge in [-0.3, -0.25) is 0 Å². The third kappa shape index (κ3) is 3.24. The van der Waals surface area contributed by atoms with E-state index in [4.69, 9.17) is 5.11 Å². The molecule has 0 aliphatic carbocycles. The molecule has 2 aromatic rings. The van der Waals surface area contributed by atoms with Crippen LogP contribution in [0.3, 0.4) is 0 Å². The molecule has 0 amide bonds. The average molecular weight is 272 g/mol. The molecule has 19 heavy (non-hydrogen) atoms. The van der Waals surface area contributed by atoms with Crippen LogP contribution in [-0.4, -0.2) is 26.8 Å². The van der Waals surface area contributed by atoms with E-state index in [0.717, 1.165) is 0 Å². The molecule has 0 saturated heterocycles.